The Morgan fingerprint density at radius 1 is 1.45 bits per heavy atom. The quantitative estimate of drug-likeness (QED) is 0.349. The molecule has 0 radical (unpaired) electrons. The number of rotatable bonds is 4. The Labute approximate surface area is 67.0 Å². The van der Waals surface area contributed by atoms with Crippen LogP contribution in [0.15, 0.2) is 11.6 Å². The maximum atomic E-state index is 10.8. The van der Waals surface area contributed by atoms with Crippen LogP contribution in [0.1, 0.15) is 13.3 Å². The van der Waals surface area contributed by atoms with Crippen LogP contribution < -0.4 is 0 Å². The van der Waals surface area contributed by atoms with Crippen LogP contribution in [0.5, 0.6) is 0 Å². The molecule has 64 valence electrons. The molecule has 0 rings (SSSR count). The Morgan fingerprint density at radius 3 is 2.55 bits per heavy atom. The van der Waals surface area contributed by atoms with Gasteiger partial charge >= 0.3 is 5.97 Å². The van der Waals surface area contributed by atoms with Crippen molar-refractivity contribution in [1.82, 2.24) is 0 Å². The van der Waals surface area contributed by atoms with Crippen molar-refractivity contribution in [2.24, 2.45) is 0 Å². The summed E-state index contributed by atoms with van der Waals surface area (Å²) in [6.07, 6.45) is 2.55. The molecule has 0 saturated heterocycles. The van der Waals surface area contributed by atoms with Crippen molar-refractivity contribution >= 4 is 5.97 Å². The number of ether oxygens (including phenoxy) is 2. The van der Waals surface area contributed by atoms with E-state index in [0.717, 1.165) is 6.42 Å². The minimum atomic E-state index is -0.277. The highest BCUT2D eigenvalue weighted by molar-refractivity contribution is 5.87. The largest absolute Gasteiger partial charge is 0.466 e. The van der Waals surface area contributed by atoms with E-state index < -0.39 is 0 Å². The third kappa shape index (κ3) is 4.56. The molecule has 0 unspecified atom stereocenters. The van der Waals surface area contributed by atoms with E-state index in [1.54, 1.807) is 20.1 Å². The van der Waals surface area contributed by atoms with Gasteiger partial charge in [-0.25, -0.2) is 4.79 Å². The van der Waals surface area contributed by atoms with E-state index in [-0.39, 0.29) is 5.97 Å². The van der Waals surface area contributed by atoms with Crippen LogP contribution in [0.2, 0.25) is 0 Å². The summed E-state index contributed by atoms with van der Waals surface area (Å²) in [5.74, 6) is -0.277. The maximum absolute atomic E-state index is 10.8. The maximum Gasteiger partial charge on any atom is 0.333 e. The molecule has 0 aliphatic heterocycles. The Hall–Kier alpha value is -0.830. The summed E-state index contributed by atoms with van der Waals surface area (Å²) in [4.78, 5) is 10.8. The zero-order chi connectivity index (χ0) is 8.69. The second-order valence-corrected chi connectivity index (χ2v) is 2.16. The lowest BCUT2D eigenvalue weighted by Gasteiger charge is -1.97. The van der Waals surface area contributed by atoms with Crippen LogP contribution in [0.25, 0.3) is 0 Å². The molecule has 0 aliphatic carbocycles. The van der Waals surface area contributed by atoms with Crippen molar-refractivity contribution in [1.29, 1.82) is 0 Å². The third-order valence-electron chi connectivity index (χ3n) is 1.28. The van der Waals surface area contributed by atoms with Crippen LogP contribution >= 0.6 is 0 Å². The van der Waals surface area contributed by atoms with Gasteiger partial charge in [0, 0.05) is 19.3 Å². The van der Waals surface area contributed by atoms with Gasteiger partial charge < -0.3 is 9.47 Å². The molecule has 0 aromatic heterocycles. The fourth-order valence-electron chi connectivity index (χ4n) is 0.638. The van der Waals surface area contributed by atoms with E-state index in [1.165, 1.54) is 7.11 Å². The monoisotopic (exact) mass is 158 g/mol. The molecule has 0 aromatic rings. The molecule has 0 aromatic carbocycles. The molecule has 3 heteroatoms. The molecular weight excluding hydrogens is 144 g/mol. The first kappa shape index (κ1) is 10.2. The molecule has 0 amide bonds. The first-order chi connectivity index (χ1) is 5.22. The van der Waals surface area contributed by atoms with Gasteiger partial charge in [-0.05, 0) is 13.3 Å². The van der Waals surface area contributed by atoms with Crippen molar-refractivity contribution in [2.45, 2.75) is 13.3 Å². The Balaban J connectivity index is 3.71. The predicted molar refractivity (Wildman–Crippen MR) is 42.3 cm³/mol. The fourth-order valence-corrected chi connectivity index (χ4v) is 0.638. The minimum absolute atomic E-state index is 0.277. The molecule has 3 nitrogen and oxygen atoms in total. The molecule has 0 N–H and O–H groups in total. The van der Waals surface area contributed by atoms with Gasteiger partial charge in [0.1, 0.15) is 0 Å². The summed E-state index contributed by atoms with van der Waals surface area (Å²) in [6.45, 7) is 2.36. The van der Waals surface area contributed by atoms with Crippen LogP contribution in [-0.4, -0.2) is 26.8 Å². The van der Waals surface area contributed by atoms with Crippen LogP contribution in [0, 0.1) is 0 Å². The minimum Gasteiger partial charge on any atom is -0.466 e. The number of carbonyl (C=O) groups excluding carboxylic acids is 1. The van der Waals surface area contributed by atoms with Gasteiger partial charge in [0.2, 0.25) is 0 Å². The zero-order valence-electron chi connectivity index (χ0n) is 7.22. The van der Waals surface area contributed by atoms with E-state index in [2.05, 4.69) is 4.74 Å². The predicted octanol–water partition coefficient (Wildman–Crippen LogP) is 1.14. The van der Waals surface area contributed by atoms with E-state index in [4.69, 9.17) is 4.74 Å². The number of esters is 1. The zero-order valence-corrected chi connectivity index (χ0v) is 7.22. The molecule has 0 fully saturated rings. The van der Waals surface area contributed by atoms with Gasteiger partial charge in [-0.2, -0.15) is 0 Å². The van der Waals surface area contributed by atoms with Gasteiger partial charge in [-0.1, -0.05) is 6.08 Å². The normalized spacial score (nSPS) is 11.4. The smallest absolute Gasteiger partial charge is 0.333 e. The second-order valence-electron chi connectivity index (χ2n) is 2.16. The van der Waals surface area contributed by atoms with Gasteiger partial charge in [0.05, 0.1) is 7.11 Å². The van der Waals surface area contributed by atoms with Crippen molar-refractivity contribution < 1.29 is 14.3 Å². The first-order valence-corrected chi connectivity index (χ1v) is 3.46. The van der Waals surface area contributed by atoms with Gasteiger partial charge in [-0.3, -0.25) is 0 Å². The van der Waals surface area contributed by atoms with Crippen LogP contribution in [0.4, 0.5) is 0 Å². The Bertz CT molecular complexity index is 149. The molecule has 0 spiro atoms. The SMILES string of the molecule is COCCC=C(C)C(=O)OC. The number of hydrogen-bond donors (Lipinski definition) is 0. The molecular formula is C8H14O3. The fraction of sp³-hybridized carbons (Fsp3) is 0.625. The summed E-state index contributed by atoms with van der Waals surface area (Å²) in [6, 6.07) is 0. The summed E-state index contributed by atoms with van der Waals surface area (Å²) in [5.41, 5.74) is 0.629. The lowest BCUT2D eigenvalue weighted by atomic mass is 10.2. The second kappa shape index (κ2) is 5.92. The van der Waals surface area contributed by atoms with E-state index in [0.29, 0.717) is 12.2 Å². The Morgan fingerprint density at radius 2 is 2.09 bits per heavy atom. The number of carbonyl (C=O) groups is 1. The van der Waals surface area contributed by atoms with Gasteiger partial charge in [-0.15, -0.1) is 0 Å². The molecule has 0 bridgehead atoms. The van der Waals surface area contributed by atoms with Crippen LogP contribution in [0.3, 0.4) is 0 Å². The standard InChI is InChI=1S/C8H14O3/c1-7(8(9)11-3)5-4-6-10-2/h5H,4,6H2,1-3H3. The lowest BCUT2D eigenvalue weighted by molar-refractivity contribution is -0.136. The van der Waals surface area contributed by atoms with Gasteiger partial charge in [0.25, 0.3) is 0 Å². The first-order valence-electron chi connectivity index (χ1n) is 3.46. The van der Waals surface area contributed by atoms with Gasteiger partial charge in [0.15, 0.2) is 0 Å². The molecule has 0 saturated carbocycles. The van der Waals surface area contributed by atoms with Crippen molar-refractivity contribution in [3.63, 3.8) is 0 Å². The van der Waals surface area contributed by atoms with E-state index >= 15 is 0 Å². The van der Waals surface area contributed by atoms with Crippen LogP contribution in [-0.2, 0) is 14.3 Å². The summed E-state index contributed by atoms with van der Waals surface area (Å²) >= 11 is 0. The Kier molecular flexibility index (Phi) is 5.47. The average Bonchev–Trinajstić information content (AvgIpc) is 2.03. The van der Waals surface area contributed by atoms with Crippen molar-refractivity contribution in [3.05, 3.63) is 11.6 Å². The molecule has 11 heavy (non-hydrogen) atoms. The summed E-state index contributed by atoms with van der Waals surface area (Å²) < 4.78 is 9.30. The molecule has 0 aliphatic rings. The average molecular weight is 158 g/mol. The summed E-state index contributed by atoms with van der Waals surface area (Å²) in [5, 5.41) is 0. The molecule has 0 heterocycles. The summed E-state index contributed by atoms with van der Waals surface area (Å²) in [7, 11) is 3.00. The topological polar surface area (TPSA) is 35.5 Å². The van der Waals surface area contributed by atoms with E-state index in [9.17, 15) is 4.79 Å². The molecule has 0 atom stereocenters. The highest BCUT2D eigenvalue weighted by atomic mass is 16.5. The van der Waals surface area contributed by atoms with Crippen molar-refractivity contribution in [2.75, 3.05) is 20.8 Å². The number of hydrogen-bond acceptors (Lipinski definition) is 3. The van der Waals surface area contributed by atoms with Crippen molar-refractivity contribution in [3.8, 4) is 0 Å². The third-order valence-corrected chi connectivity index (χ3v) is 1.28. The highest BCUT2D eigenvalue weighted by Gasteiger charge is 2.00. The lowest BCUT2D eigenvalue weighted by Crippen LogP contribution is -2.01. The number of methoxy groups -OCH3 is 2. The van der Waals surface area contributed by atoms with E-state index in [1.807, 2.05) is 0 Å². The highest BCUT2D eigenvalue weighted by Crippen LogP contribution is 1.97.